The summed E-state index contributed by atoms with van der Waals surface area (Å²) in [6, 6.07) is 32.4. The number of hydrogen-bond acceptors (Lipinski definition) is 5. The second kappa shape index (κ2) is 9.99. The number of piperidine rings is 2. The van der Waals surface area contributed by atoms with Crippen molar-refractivity contribution in [3.63, 3.8) is 0 Å². The Morgan fingerprint density at radius 3 is 1.74 bits per heavy atom. The second-order valence-corrected chi connectivity index (χ2v) is 15.1. The van der Waals surface area contributed by atoms with Crippen molar-refractivity contribution in [1.82, 2.24) is 4.31 Å². The van der Waals surface area contributed by atoms with Crippen molar-refractivity contribution in [3.8, 4) is 0 Å². The van der Waals surface area contributed by atoms with Gasteiger partial charge in [0.1, 0.15) is 11.2 Å². The minimum atomic E-state index is -3.53. The minimum absolute atomic E-state index is 0.211. The molecule has 212 valence electrons. The number of fused-ring (bicyclic) bond motifs is 9. The van der Waals surface area contributed by atoms with Gasteiger partial charge >= 0.3 is 8.16 Å². The Kier molecular flexibility index (Phi) is 6.20. The lowest BCUT2D eigenvalue weighted by Gasteiger charge is -2.43. The Morgan fingerprint density at radius 2 is 1.19 bits per heavy atom. The molecule has 5 aromatic carbocycles. The fourth-order valence-electron chi connectivity index (χ4n) is 6.87. The zero-order valence-corrected chi connectivity index (χ0v) is 25.0. The molecule has 8 heteroatoms. The van der Waals surface area contributed by atoms with E-state index in [1.807, 2.05) is 19.1 Å². The fourth-order valence-corrected chi connectivity index (χ4v) is 10.1. The highest BCUT2D eigenvalue weighted by Gasteiger charge is 2.40. The van der Waals surface area contributed by atoms with Gasteiger partial charge in [0.05, 0.1) is 4.90 Å². The van der Waals surface area contributed by atoms with Crippen molar-refractivity contribution in [3.05, 3.63) is 103 Å². The van der Waals surface area contributed by atoms with Gasteiger partial charge in [-0.3, -0.25) is 0 Å². The molecule has 0 saturated carbocycles. The van der Waals surface area contributed by atoms with Crippen molar-refractivity contribution < 1.29 is 16.8 Å². The molecule has 2 fully saturated rings. The maximum absolute atomic E-state index is 13.5. The molecule has 2 saturated heterocycles. The lowest BCUT2D eigenvalue weighted by atomic mass is 9.87. The Balaban J connectivity index is 1.23. The Hall–Kier alpha value is -3.61. The Labute approximate surface area is 245 Å². The third-order valence-corrected chi connectivity index (χ3v) is 12.1. The predicted molar refractivity (Wildman–Crippen MR) is 171 cm³/mol. The summed E-state index contributed by atoms with van der Waals surface area (Å²) in [4.78, 5) is 0.373. The van der Waals surface area contributed by atoms with Crippen LogP contribution in [0.2, 0.25) is 0 Å². The molecule has 0 amide bonds. The van der Waals surface area contributed by atoms with Gasteiger partial charge in [-0.2, -0.15) is 4.31 Å². The minimum Gasteiger partial charge on any atom is -0.408 e. The summed E-state index contributed by atoms with van der Waals surface area (Å²) in [6.07, 6.45) is 1.02. The van der Waals surface area contributed by atoms with E-state index in [-0.39, 0.29) is 11.8 Å². The molecule has 6 aromatic rings. The topological polar surface area (TPSA) is 66.9 Å². The first-order valence-corrected chi connectivity index (χ1v) is 17.0. The molecule has 0 N–H and O–H groups in total. The zero-order chi connectivity index (χ0) is 28.4. The summed E-state index contributed by atoms with van der Waals surface area (Å²) in [7, 11) is -4.98. The summed E-state index contributed by atoms with van der Waals surface area (Å²) in [5, 5.41) is 6.73. The smallest absolute Gasteiger partial charge is 0.309 e. The summed E-state index contributed by atoms with van der Waals surface area (Å²) in [6.45, 7) is 4.45. The van der Waals surface area contributed by atoms with Crippen LogP contribution in [0.4, 0.5) is 0 Å². The van der Waals surface area contributed by atoms with Gasteiger partial charge < -0.3 is 8.39 Å². The SMILES string of the molecule is Cc1ccc(S(=O)(=O)N2CC3CC(CN(p4oc5ccc6ccccc6c5c5c(ccc6ccccc65)o4)C3)C2)cc1. The highest BCUT2D eigenvalue weighted by Crippen LogP contribution is 2.44. The third kappa shape index (κ3) is 4.35. The number of aryl methyl sites for hydroxylation is 1. The highest BCUT2D eigenvalue weighted by molar-refractivity contribution is 7.89. The molecule has 3 heterocycles. The first-order valence-electron chi connectivity index (χ1n) is 14.5. The van der Waals surface area contributed by atoms with Crippen molar-refractivity contribution >= 4 is 61.7 Å². The van der Waals surface area contributed by atoms with Crippen LogP contribution in [0.3, 0.4) is 0 Å². The van der Waals surface area contributed by atoms with E-state index in [1.54, 1.807) is 16.4 Å². The molecule has 2 atom stereocenters. The van der Waals surface area contributed by atoms with Gasteiger partial charge in [-0.15, -0.1) is 0 Å². The van der Waals surface area contributed by atoms with Crippen LogP contribution >= 0.6 is 8.16 Å². The number of benzene rings is 5. The van der Waals surface area contributed by atoms with Crippen molar-refractivity contribution in [2.75, 3.05) is 30.8 Å². The molecule has 0 radical (unpaired) electrons. The first-order chi connectivity index (χ1) is 20.4. The monoisotopic (exact) mass is 594 g/mol. The van der Waals surface area contributed by atoms with E-state index in [9.17, 15) is 8.42 Å². The van der Waals surface area contributed by atoms with Crippen LogP contribution in [0, 0.1) is 18.8 Å². The van der Waals surface area contributed by atoms with Crippen LogP contribution in [0.25, 0.3) is 43.5 Å². The quantitative estimate of drug-likeness (QED) is 0.207. The maximum atomic E-state index is 13.5. The Morgan fingerprint density at radius 1 is 0.667 bits per heavy atom. The van der Waals surface area contributed by atoms with Gasteiger partial charge in [-0.05, 0) is 71.0 Å². The Bertz CT molecular complexity index is 2030. The van der Waals surface area contributed by atoms with E-state index in [1.165, 1.54) is 0 Å². The molecular formula is C34H31N2O4PS. The van der Waals surface area contributed by atoms with Crippen LogP contribution in [0.1, 0.15) is 12.0 Å². The molecule has 0 aliphatic carbocycles. The van der Waals surface area contributed by atoms with Crippen molar-refractivity contribution in [2.45, 2.75) is 18.2 Å². The molecule has 2 unspecified atom stereocenters. The molecule has 2 aliphatic rings. The largest absolute Gasteiger partial charge is 0.408 e. The van der Waals surface area contributed by atoms with Gasteiger partial charge in [0, 0.05) is 37.0 Å². The van der Waals surface area contributed by atoms with E-state index in [0.717, 1.165) is 68.6 Å². The zero-order valence-electron chi connectivity index (χ0n) is 23.3. The number of rotatable bonds is 3. The highest BCUT2D eigenvalue weighted by atomic mass is 32.2. The van der Waals surface area contributed by atoms with Crippen LogP contribution in [-0.2, 0) is 10.0 Å². The lowest BCUT2D eigenvalue weighted by Crippen LogP contribution is -2.53. The van der Waals surface area contributed by atoms with Crippen LogP contribution in [-0.4, -0.2) is 38.9 Å². The van der Waals surface area contributed by atoms with E-state index < -0.39 is 18.2 Å². The summed E-state index contributed by atoms with van der Waals surface area (Å²) < 4.78 is 44.7. The van der Waals surface area contributed by atoms with Crippen molar-refractivity contribution in [2.24, 2.45) is 11.8 Å². The van der Waals surface area contributed by atoms with Crippen LogP contribution in [0.5, 0.6) is 0 Å². The van der Waals surface area contributed by atoms with Gasteiger partial charge in [0.15, 0.2) is 0 Å². The molecule has 6 nitrogen and oxygen atoms in total. The summed E-state index contributed by atoms with van der Waals surface area (Å²) >= 11 is 0. The standard InChI is InChI=1S/C34H31N2O4PS/c1-23-10-14-28(15-11-23)42(37,38)36-21-24-18-25(22-36)20-35(19-24)41-39-31-16-12-26-6-2-4-8-29(26)33(31)34-30-9-5-3-7-27(30)13-17-32(34)40-41/h2-17,24-25H,18-22H2,1H3. The number of hydrogen-bond donors (Lipinski definition) is 0. The average molecular weight is 595 g/mol. The van der Waals surface area contributed by atoms with E-state index in [2.05, 4.69) is 77.5 Å². The van der Waals surface area contributed by atoms with Crippen molar-refractivity contribution in [1.29, 1.82) is 0 Å². The molecule has 2 bridgehead atoms. The van der Waals surface area contributed by atoms with Gasteiger partial charge in [0.2, 0.25) is 10.0 Å². The first kappa shape index (κ1) is 26.1. The lowest BCUT2D eigenvalue weighted by molar-refractivity contribution is 0.178. The van der Waals surface area contributed by atoms with E-state index in [4.69, 9.17) is 8.39 Å². The van der Waals surface area contributed by atoms with Crippen LogP contribution in [0.15, 0.2) is 110 Å². The van der Waals surface area contributed by atoms with E-state index >= 15 is 0 Å². The molecule has 0 spiro atoms. The van der Waals surface area contributed by atoms with Crippen LogP contribution < -0.4 is 4.67 Å². The summed E-state index contributed by atoms with van der Waals surface area (Å²) in [5.41, 5.74) is 2.71. The van der Waals surface area contributed by atoms with E-state index in [0.29, 0.717) is 18.0 Å². The average Bonchev–Trinajstić information content (AvgIpc) is 3.18. The second-order valence-electron chi connectivity index (χ2n) is 11.7. The third-order valence-electron chi connectivity index (χ3n) is 8.80. The number of nitrogens with zero attached hydrogens (tertiary/aromatic N) is 2. The fraction of sp³-hybridized carbons (Fsp3) is 0.235. The van der Waals surface area contributed by atoms with Gasteiger partial charge in [0.25, 0.3) is 0 Å². The molecule has 2 aliphatic heterocycles. The predicted octanol–water partition coefficient (Wildman–Crippen LogP) is 8.18. The molecule has 42 heavy (non-hydrogen) atoms. The number of sulfonamides is 1. The molecule has 1 aromatic heterocycles. The molecule has 8 rings (SSSR count). The van der Waals surface area contributed by atoms with Gasteiger partial charge in [-0.1, -0.05) is 78.4 Å². The normalized spacial score (nSPS) is 20.0. The van der Waals surface area contributed by atoms with Gasteiger partial charge in [-0.25, -0.2) is 13.1 Å². The summed E-state index contributed by atoms with van der Waals surface area (Å²) in [5.74, 6) is 0.422. The maximum Gasteiger partial charge on any atom is 0.309 e. The molecular weight excluding hydrogens is 563 g/mol.